The highest BCUT2D eigenvalue weighted by Gasteiger charge is 2.60. The van der Waals surface area contributed by atoms with Crippen LogP contribution in [0.2, 0.25) is 5.02 Å². The van der Waals surface area contributed by atoms with Gasteiger partial charge in [0, 0.05) is 35.0 Å². The molecule has 0 fully saturated rings. The van der Waals surface area contributed by atoms with Crippen molar-refractivity contribution < 1.29 is 23.8 Å². The number of aromatic nitrogens is 6. The number of nitrogens with one attached hydrogen (secondary N) is 2. The van der Waals surface area contributed by atoms with Crippen LogP contribution >= 0.6 is 11.6 Å². The van der Waals surface area contributed by atoms with Crippen molar-refractivity contribution in [2.45, 2.75) is 25.5 Å². The highest BCUT2D eigenvalue weighted by atomic mass is 35.5. The largest absolute Gasteiger partial charge is 0.496 e. The summed E-state index contributed by atoms with van der Waals surface area (Å²) in [7, 11) is 2.88. The van der Waals surface area contributed by atoms with E-state index in [1.54, 1.807) is 17.9 Å². The number of methoxy groups -OCH3 is 2. The Bertz CT molecular complexity index is 1650. The van der Waals surface area contributed by atoms with Gasteiger partial charge in [-0.25, -0.2) is 14.6 Å². The molecular formula is C27H24ClN7O5. The summed E-state index contributed by atoms with van der Waals surface area (Å²) in [6.07, 6.45) is 4.87. The molecule has 204 valence electrons. The number of hydrogen-bond donors (Lipinski definition) is 2. The zero-order chi connectivity index (χ0) is 28.0. The fourth-order valence-electron chi connectivity index (χ4n) is 5.07. The topological polar surface area (TPSA) is 146 Å². The molecule has 4 aromatic rings. The van der Waals surface area contributed by atoms with E-state index >= 15 is 0 Å². The first-order chi connectivity index (χ1) is 19.3. The number of benzene rings is 2. The molecule has 2 atom stereocenters. The predicted octanol–water partition coefficient (Wildman–Crippen LogP) is 3.70. The van der Waals surface area contributed by atoms with Crippen LogP contribution in [0.1, 0.15) is 29.5 Å². The van der Waals surface area contributed by atoms with E-state index in [2.05, 4.69) is 30.6 Å². The number of halogens is 1. The minimum atomic E-state index is -1.73. The zero-order valence-corrected chi connectivity index (χ0v) is 22.5. The van der Waals surface area contributed by atoms with Gasteiger partial charge in [0.2, 0.25) is 17.2 Å². The number of rotatable bonds is 7. The van der Waals surface area contributed by atoms with Crippen molar-refractivity contribution in [1.29, 1.82) is 0 Å². The lowest BCUT2D eigenvalue weighted by atomic mass is 9.74. The SMILES string of the molecule is COc1cc(OC)c2c(c1Cl)O[C@@]1(C(=O)C=C(Nc3ccc(-c4n[nH]c(Cn5cncn5)n4)cc3)C[C@H]1C)C2=O. The van der Waals surface area contributed by atoms with Gasteiger partial charge in [0.05, 0.1) is 14.2 Å². The van der Waals surface area contributed by atoms with Crippen molar-refractivity contribution in [3.8, 4) is 28.6 Å². The van der Waals surface area contributed by atoms with Crippen molar-refractivity contribution in [2.75, 3.05) is 19.5 Å². The fraction of sp³-hybridized carbons (Fsp3) is 0.259. The van der Waals surface area contributed by atoms with Gasteiger partial charge in [0.15, 0.2) is 11.6 Å². The Balaban J connectivity index is 1.20. The maximum Gasteiger partial charge on any atom is 0.236 e. The molecule has 0 saturated carbocycles. The van der Waals surface area contributed by atoms with Crippen LogP contribution in [0, 0.1) is 5.92 Å². The van der Waals surface area contributed by atoms with E-state index in [0.29, 0.717) is 30.3 Å². The van der Waals surface area contributed by atoms with E-state index in [0.717, 1.165) is 11.3 Å². The maximum absolute atomic E-state index is 13.7. The number of aromatic amines is 1. The number of ketones is 2. The minimum Gasteiger partial charge on any atom is -0.496 e. The molecule has 2 N–H and O–H groups in total. The maximum atomic E-state index is 13.7. The molecule has 2 aromatic carbocycles. The standard InChI is InChI=1S/C27H24ClN7O5/c1-14-8-17(9-20(36)27(14)25(37)22-18(38-2)10-19(39-3)23(28)24(22)40-27)31-16-6-4-15(5-7-16)26-32-21(33-34-26)11-35-13-29-12-30-35/h4-7,9-10,12-14,31H,8,11H2,1-3H3,(H,32,33,34)/t14-,27+/m1/s1. The second-order valence-electron chi connectivity index (χ2n) is 9.51. The number of anilines is 1. The third-order valence-corrected chi connectivity index (χ3v) is 7.43. The summed E-state index contributed by atoms with van der Waals surface area (Å²) in [6.45, 7) is 2.23. The number of carbonyl (C=O) groups is 2. The fourth-order valence-corrected chi connectivity index (χ4v) is 5.33. The molecular weight excluding hydrogens is 538 g/mol. The quantitative estimate of drug-likeness (QED) is 0.320. The molecule has 13 heteroatoms. The van der Waals surface area contributed by atoms with Gasteiger partial charge in [0.1, 0.15) is 47.1 Å². The monoisotopic (exact) mass is 561 g/mol. The van der Waals surface area contributed by atoms with Crippen molar-refractivity contribution in [2.24, 2.45) is 5.92 Å². The summed E-state index contributed by atoms with van der Waals surface area (Å²) in [5.74, 6) is 0.389. The van der Waals surface area contributed by atoms with Gasteiger partial charge in [-0.2, -0.15) is 10.2 Å². The molecule has 0 saturated heterocycles. The van der Waals surface area contributed by atoms with E-state index in [4.69, 9.17) is 25.8 Å². The third kappa shape index (κ3) is 4.08. The summed E-state index contributed by atoms with van der Waals surface area (Å²) in [4.78, 5) is 35.6. The van der Waals surface area contributed by atoms with Crippen LogP contribution < -0.4 is 19.5 Å². The third-order valence-electron chi connectivity index (χ3n) is 7.07. The van der Waals surface area contributed by atoms with Crippen LogP contribution in [0.15, 0.2) is 54.8 Å². The van der Waals surface area contributed by atoms with Crippen LogP contribution in [-0.2, 0) is 11.3 Å². The first-order valence-electron chi connectivity index (χ1n) is 12.4. The van der Waals surface area contributed by atoms with Crippen LogP contribution in [0.25, 0.3) is 11.4 Å². The number of allylic oxidation sites excluding steroid dienone is 1. The average Bonchev–Trinajstić information content (AvgIpc) is 3.70. The molecule has 0 amide bonds. The summed E-state index contributed by atoms with van der Waals surface area (Å²) in [5.41, 5.74) is 0.658. The van der Waals surface area contributed by atoms with Gasteiger partial charge in [0.25, 0.3) is 0 Å². The number of hydrogen-bond acceptors (Lipinski definition) is 10. The van der Waals surface area contributed by atoms with Crippen molar-refractivity contribution in [3.05, 3.63) is 71.2 Å². The van der Waals surface area contributed by atoms with Gasteiger partial charge >= 0.3 is 0 Å². The molecule has 1 aliphatic carbocycles. The lowest BCUT2D eigenvalue weighted by molar-refractivity contribution is -0.129. The average molecular weight is 562 g/mol. The molecule has 6 rings (SSSR count). The number of H-pyrrole nitrogens is 1. The molecule has 1 spiro atoms. The highest BCUT2D eigenvalue weighted by molar-refractivity contribution is 6.36. The van der Waals surface area contributed by atoms with Crippen molar-refractivity contribution >= 4 is 28.9 Å². The zero-order valence-electron chi connectivity index (χ0n) is 21.8. The minimum absolute atomic E-state index is 0.0971. The Morgan fingerprint density at radius 3 is 2.65 bits per heavy atom. The first-order valence-corrected chi connectivity index (χ1v) is 12.8. The Hall–Kier alpha value is -4.71. The van der Waals surface area contributed by atoms with Crippen LogP contribution in [-0.4, -0.2) is 61.3 Å². The highest BCUT2D eigenvalue weighted by Crippen LogP contribution is 2.53. The summed E-state index contributed by atoms with van der Waals surface area (Å²) in [5, 5.41) is 14.7. The van der Waals surface area contributed by atoms with E-state index in [-0.39, 0.29) is 27.8 Å². The molecule has 2 aliphatic rings. The van der Waals surface area contributed by atoms with E-state index in [1.165, 1.54) is 32.7 Å². The van der Waals surface area contributed by atoms with Crippen LogP contribution in [0.4, 0.5) is 5.69 Å². The summed E-state index contributed by atoms with van der Waals surface area (Å²) >= 11 is 6.46. The van der Waals surface area contributed by atoms with E-state index < -0.39 is 23.1 Å². The Kier molecular flexibility index (Phi) is 6.26. The van der Waals surface area contributed by atoms with E-state index in [1.807, 2.05) is 24.3 Å². The molecule has 0 bridgehead atoms. The summed E-state index contributed by atoms with van der Waals surface area (Å²) in [6, 6.07) is 9.01. The molecule has 12 nitrogen and oxygen atoms in total. The molecule has 0 unspecified atom stereocenters. The van der Waals surface area contributed by atoms with Crippen LogP contribution in [0.5, 0.6) is 17.2 Å². The number of carbonyl (C=O) groups excluding carboxylic acids is 2. The van der Waals surface area contributed by atoms with E-state index in [9.17, 15) is 9.59 Å². The molecule has 40 heavy (non-hydrogen) atoms. The lowest BCUT2D eigenvalue weighted by Crippen LogP contribution is -2.55. The lowest BCUT2D eigenvalue weighted by Gasteiger charge is -2.35. The molecule has 1 aliphatic heterocycles. The molecule has 0 radical (unpaired) electrons. The second-order valence-corrected chi connectivity index (χ2v) is 9.88. The summed E-state index contributed by atoms with van der Waals surface area (Å²) < 4.78 is 18.4. The molecule has 2 aromatic heterocycles. The van der Waals surface area contributed by atoms with Crippen molar-refractivity contribution in [3.63, 3.8) is 0 Å². The first kappa shape index (κ1) is 25.6. The van der Waals surface area contributed by atoms with Gasteiger partial charge in [-0.05, 0) is 30.7 Å². The van der Waals surface area contributed by atoms with Crippen molar-refractivity contribution in [1.82, 2.24) is 29.9 Å². The van der Waals surface area contributed by atoms with Gasteiger partial charge < -0.3 is 19.5 Å². The normalized spacial score (nSPS) is 19.8. The number of fused-ring (bicyclic) bond motifs is 1. The number of nitrogens with zero attached hydrogens (tertiary/aromatic N) is 5. The van der Waals surface area contributed by atoms with Gasteiger partial charge in [-0.1, -0.05) is 18.5 Å². The van der Waals surface area contributed by atoms with Gasteiger partial charge in [-0.15, -0.1) is 0 Å². The Labute approximate surface area is 233 Å². The molecule has 3 heterocycles. The second kappa shape index (κ2) is 9.79. The van der Waals surface area contributed by atoms with Crippen LogP contribution in [0.3, 0.4) is 0 Å². The smallest absolute Gasteiger partial charge is 0.236 e. The van der Waals surface area contributed by atoms with Gasteiger partial charge in [-0.3, -0.25) is 14.7 Å². The number of Topliss-reactive ketones (excluding diaryl/α,β-unsaturated/α-hetero) is 1. The Morgan fingerprint density at radius 1 is 1.20 bits per heavy atom. The Morgan fingerprint density at radius 2 is 1.98 bits per heavy atom. The number of ether oxygens (including phenoxy) is 3. The predicted molar refractivity (Wildman–Crippen MR) is 144 cm³/mol.